The number of ether oxygens (including phenoxy) is 1. The van der Waals surface area contributed by atoms with Gasteiger partial charge in [0.1, 0.15) is 6.10 Å². The summed E-state index contributed by atoms with van der Waals surface area (Å²) < 4.78 is 5.32. The zero-order chi connectivity index (χ0) is 15.4. The topological polar surface area (TPSA) is 92.7 Å². The molecule has 6 nitrogen and oxygen atoms in total. The monoisotopic (exact) mass is 301 g/mol. The number of carboxylic acids is 1. The highest BCUT2D eigenvalue weighted by Gasteiger charge is 2.63. The number of amides is 1. The lowest BCUT2D eigenvalue weighted by Crippen LogP contribution is -2.35. The van der Waals surface area contributed by atoms with Crippen LogP contribution in [0.4, 0.5) is 5.69 Å². The fourth-order valence-electron chi connectivity index (χ4n) is 4.32. The first-order valence-corrected chi connectivity index (χ1v) is 7.39. The van der Waals surface area contributed by atoms with E-state index >= 15 is 0 Å². The smallest absolute Gasteiger partial charge is 0.335 e. The van der Waals surface area contributed by atoms with Crippen LogP contribution in [0.2, 0.25) is 0 Å². The largest absolute Gasteiger partial charge is 0.478 e. The van der Waals surface area contributed by atoms with Crippen molar-refractivity contribution in [2.24, 2.45) is 23.7 Å². The molecule has 22 heavy (non-hydrogen) atoms. The van der Waals surface area contributed by atoms with Gasteiger partial charge in [-0.2, -0.15) is 0 Å². The van der Waals surface area contributed by atoms with E-state index in [4.69, 9.17) is 9.84 Å². The van der Waals surface area contributed by atoms with Gasteiger partial charge in [-0.1, -0.05) is 6.07 Å². The number of fused-ring (bicyclic) bond motifs is 1. The molecule has 2 bridgehead atoms. The number of carboxylic acid groups (broad SMARTS) is 1. The van der Waals surface area contributed by atoms with Crippen molar-refractivity contribution in [3.05, 3.63) is 29.8 Å². The first-order chi connectivity index (χ1) is 10.5. The van der Waals surface area contributed by atoms with Gasteiger partial charge in [-0.05, 0) is 37.0 Å². The van der Waals surface area contributed by atoms with Crippen LogP contribution in [0.1, 0.15) is 23.2 Å². The Labute approximate surface area is 126 Å². The van der Waals surface area contributed by atoms with E-state index in [-0.39, 0.29) is 47.2 Å². The molecular formula is C16H15NO5. The van der Waals surface area contributed by atoms with Crippen molar-refractivity contribution in [1.82, 2.24) is 0 Å². The number of carbonyl (C=O) groups excluding carboxylic acids is 2. The molecule has 2 aliphatic carbocycles. The molecule has 4 rings (SSSR count). The zero-order valence-electron chi connectivity index (χ0n) is 11.7. The standard InChI is InChI=1S/C16H15NO5/c18-14(17-9-3-1-2-7(4-9)15(19)20)12-8-5-10-11(6-8)22-16(21)13(10)12/h1-4,8,10-13H,5-6H2,(H,17,18)(H,19,20)/t8-,10-,11-,12+,13+/m1/s1. The van der Waals surface area contributed by atoms with Gasteiger partial charge in [-0.3, -0.25) is 9.59 Å². The molecule has 1 heterocycles. The minimum atomic E-state index is -1.04. The van der Waals surface area contributed by atoms with E-state index in [0.29, 0.717) is 5.69 Å². The quantitative estimate of drug-likeness (QED) is 0.826. The number of anilines is 1. The number of hydrogen-bond donors (Lipinski definition) is 2. The van der Waals surface area contributed by atoms with Crippen molar-refractivity contribution >= 4 is 23.5 Å². The van der Waals surface area contributed by atoms with Crippen molar-refractivity contribution in [1.29, 1.82) is 0 Å². The van der Waals surface area contributed by atoms with Gasteiger partial charge >= 0.3 is 11.9 Å². The van der Waals surface area contributed by atoms with E-state index in [1.165, 1.54) is 12.1 Å². The van der Waals surface area contributed by atoms with Crippen molar-refractivity contribution in [3.63, 3.8) is 0 Å². The molecule has 2 N–H and O–H groups in total. The van der Waals surface area contributed by atoms with Crippen molar-refractivity contribution < 1.29 is 24.2 Å². The highest BCUT2D eigenvalue weighted by molar-refractivity contribution is 5.98. The van der Waals surface area contributed by atoms with E-state index in [0.717, 1.165) is 12.8 Å². The van der Waals surface area contributed by atoms with Crippen LogP contribution in [-0.2, 0) is 14.3 Å². The normalized spacial score (nSPS) is 34.5. The number of benzene rings is 1. The number of nitrogens with one attached hydrogen (secondary N) is 1. The third-order valence-corrected chi connectivity index (χ3v) is 5.16. The van der Waals surface area contributed by atoms with E-state index in [9.17, 15) is 14.4 Å². The first-order valence-electron chi connectivity index (χ1n) is 7.39. The van der Waals surface area contributed by atoms with E-state index < -0.39 is 5.97 Å². The third kappa shape index (κ3) is 1.83. The Balaban J connectivity index is 1.55. The Morgan fingerprint density at radius 2 is 2.09 bits per heavy atom. The van der Waals surface area contributed by atoms with Gasteiger partial charge in [0.25, 0.3) is 0 Å². The van der Waals surface area contributed by atoms with Crippen LogP contribution in [0.15, 0.2) is 24.3 Å². The van der Waals surface area contributed by atoms with E-state index in [2.05, 4.69) is 5.32 Å². The number of carbonyl (C=O) groups is 3. The first kappa shape index (κ1) is 13.3. The second-order valence-corrected chi connectivity index (χ2v) is 6.30. The summed E-state index contributed by atoms with van der Waals surface area (Å²) in [6, 6.07) is 6.12. The van der Waals surface area contributed by atoms with Gasteiger partial charge < -0.3 is 15.2 Å². The summed E-state index contributed by atoms with van der Waals surface area (Å²) in [5.41, 5.74) is 0.557. The molecule has 5 atom stereocenters. The number of hydrogen-bond acceptors (Lipinski definition) is 4. The molecule has 2 saturated carbocycles. The molecule has 0 unspecified atom stereocenters. The minimum Gasteiger partial charge on any atom is -0.478 e. The van der Waals surface area contributed by atoms with Gasteiger partial charge in [0.15, 0.2) is 0 Å². The van der Waals surface area contributed by atoms with Crippen LogP contribution < -0.4 is 5.32 Å². The summed E-state index contributed by atoms with van der Waals surface area (Å²) in [5.74, 6) is -1.83. The predicted octanol–water partition coefficient (Wildman–Crippen LogP) is 1.52. The summed E-state index contributed by atoms with van der Waals surface area (Å²) in [7, 11) is 0. The molecule has 1 saturated heterocycles. The maximum absolute atomic E-state index is 12.6. The lowest BCUT2D eigenvalue weighted by Gasteiger charge is -2.23. The Bertz CT molecular complexity index is 683. The number of esters is 1. The number of aromatic carboxylic acids is 1. The summed E-state index contributed by atoms with van der Waals surface area (Å²) in [6.45, 7) is 0. The van der Waals surface area contributed by atoms with Crippen LogP contribution in [0.5, 0.6) is 0 Å². The molecule has 1 aromatic carbocycles. The maximum Gasteiger partial charge on any atom is 0.335 e. The maximum atomic E-state index is 12.6. The molecule has 6 heteroatoms. The summed E-state index contributed by atoms with van der Waals surface area (Å²) in [6.07, 6.45) is 1.64. The summed E-state index contributed by atoms with van der Waals surface area (Å²) >= 11 is 0. The predicted molar refractivity (Wildman–Crippen MR) is 75.1 cm³/mol. The van der Waals surface area contributed by atoms with E-state index in [1.807, 2.05) is 0 Å². The van der Waals surface area contributed by atoms with Gasteiger partial charge in [-0.15, -0.1) is 0 Å². The fourth-order valence-corrected chi connectivity index (χ4v) is 4.32. The molecule has 1 amide bonds. The molecule has 1 aromatic rings. The molecular weight excluding hydrogens is 286 g/mol. The number of rotatable bonds is 3. The molecule has 1 aliphatic heterocycles. The van der Waals surface area contributed by atoms with Crippen LogP contribution in [0.25, 0.3) is 0 Å². The fraction of sp³-hybridized carbons (Fsp3) is 0.438. The van der Waals surface area contributed by atoms with Crippen LogP contribution >= 0.6 is 0 Å². The molecule has 0 aromatic heterocycles. The molecule has 0 radical (unpaired) electrons. The lowest BCUT2D eigenvalue weighted by atomic mass is 9.79. The van der Waals surface area contributed by atoms with Crippen molar-refractivity contribution in [2.75, 3.05) is 5.32 Å². The molecule has 3 fully saturated rings. The Kier molecular flexibility index (Phi) is 2.76. The van der Waals surface area contributed by atoms with E-state index in [1.54, 1.807) is 12.1 Å². The van der Waals surface area contributed by atoms with Crippen LogP contribution in [0, 0.1) is 23.7 Å². The van der Waals surface area contributed by atoms with Crippen molar-refractivity contribution in [2.45, 2.75) is 18.9 Å². The van der Waals surface area contributed by atoms with Crippen molar-refractivity contribution in [3.8, 4) is 0 Å². The Hall–Kier alpha value is -2.37. The second-order valence-electron chi connectivity index (χ2n) is 6.30. The SMILES string of the molecule is O=C(O)c1cccc(NC(=O)[C@H]2[C@@H]3C[C@H]4[C@@H]2C(=O)O[C@@H]4C3)c1. The van der Waals surface area contributed by atoms with Gasteiger partial charge in [0.2, 0.25) is 5.91 Å². The second kappa shape index (κ2) is 4.56. The lowest BCUT2D eigenvalue weighted by molar-refractivity contribution is -0.145. The molecule has 3 aliphatic rings. The summed E-state index contributed by atoms with van der Waals surface area (Å²) in [4.78, 5) is 35.4. The minimum absolute atomic E-state index is 0.00175. The van der Waals surface area contributed by atoms with Gasteiger partial charge in [-0.25, -0.2) is 4.79 Å². The Morgan fingerprint density at radius 1 is 1.27 bits per heavy atom. The van der Waals surface area contributed by atoms with Gasteiger partial charge in [0, 0.05) is 11.6 Å². The van der Waals surface area contributed by atoms with Crippen LogP contribution in [0.3, 0.4) is 0 Å². The third-order valence-electron chi connectivity index (χ3n) is 5.16. The average Bonchev–Trinajstić information content (AvgIpc) is 3.08. The molecule has 0 spiro atoms. The molecule has 114 valence electrons. The van der Waals surface area contributed by atoms with Crippen LogP contribution in [-0.4, -0.2) is 29.1 Å². The summed E-state index contributed by atoms with van der Waals surface area (Å²) in [5, 5.41) is 11.7. The Morgan fingerprint density at radius 3 is 2.86 bits per heavy atom. The average molecular weight is 301 g/mol. The zero-order valence-corrected chi connectivity index (χ0v) is 11.7. The highest BCUT2D eigenvalue weighted by Crippen LogP contribution is 2.57. The highest BCUT2D eigenvalue weighted by atomic mass is 16.6. The van der Waals surface area contributed by atoms with Gasteiger partial charge in [0.05, 0.1) is 17.4 Å².